The van der Waals surface area contributed by atoms with E-state index >= 15 is 0 Å². The molecule has 0 spiro atoms. The largest absolute Gasteiger partial charge is 0.382 e. The van der Waals surface area contributed by atoms with Gasteiger partial charge in [0.05, 0.1) is 0 Å². The molecule has 1 aromatic carbocycles. The molecule has 2 nitrogen and oxygen atoms in total. The SMILES string of the molecule is CSc1cccc(NC2CC2)c1CN. The van der Waals surface area contributed by atoms with Crippen LogP contribution in [-0.4, -0.2) is 12.3 Å². The molecule has 0 atom stereocenters. The van der Waals surface area contributed by atoms with E-state index in [1.165, 1.54) is 29.0 Å². The van der Waals surface area contributed by atoms with Gasteiger partial charge in [-0.25, -0.2) is 0 Å². The van der Waals surface area contributed by atoms with E-state index in [0.29, 0.717) is 12.6 Å². The van der Waals surface area contributed by atoms with Crippen LogP contribution < -0.4 is 11.1 Å². The van der Waals surface area contributed by atoms with E-state index in [1.54, 1.807) is 11.8 Å². The molecule has 3 N–H and O–H groups in total. The summed E-state index contributed by atoms with van der Waals surface area (Å²) in [7, 11) is 0. The first-order valence-corrected chi connectivity index (χ1v) is 6.20. The lowest BCUT2D eigenvalue weighted by molar-refractivity contribution is 1.01. The third kappa shape index (κ3) is 2.04. The summed E-state index contributed by atoms with van der Waals surface area (Å²) in [4.78, 5) is 1.29. The first-order chi connectivity index (χ1) is 6.85. The van der Waals surface area contributed by atoms with Gasteiger partial charge >= 0.3 is 0 Å². The minimum Gasteiger partial charge on any atom is -0.382 e. The maximum atomic E-state index is 5.77. The third-order valence-corrected chi connectivity index (χ3v) is 3.32. The molecule has 0 aromatic heterocycles. The predicted molar refractivity (Wildman–Crippen MR) is 62.8 cm³/mol. The number of anilines is 1. The minimum absolute atomic E-state index is 0.617. The molecule has 0 amide bonds. The molecule has 76 valence electrons. The summed E-state index contributed by atoms with van der Waals surface area (Å²) in [6.45, 7) is 0.617. The number of rotatable bonds is 4. The topological polar surface area (TPSA) is 38.0 Å². The van der Waals surface area contributed by atoms with Crippen molar-refractivity contribution in [3.05, 3.63) is 23.8 Å². The number of nitrogens with two attached hydrogens (primary N) is 1. The Hall–Kier alpha value is -0.670. The third-order valence-electron chi connectivity index (χ3n) is 2.49. The second-order valence-corrected chi connectivity index (χ2v) is 4.46. The van der Waals surface area contributed by atoms with Gasteiger partial charge in [0.15, 0.2) is 0 Å². The second-order valence-electron chi connectivity index (χ2n) is 3.61. The number of hydrogen-bond donors (Lipinski definition) is 2. The summed E-state index contributed by atoms with van der Waals surface area (Å²) in [6, 6.07) is 7.04. The lowest BCUT2D eigenvalue weighted by Gasteiger charge is -2.13. The van der Waals surface area contributed by atoms with Crippen molar-refractivity contribution in [2.45, 2.75) is 30.3 Å². The van der Waals surface area contributed by atoms with Gasteiger partial charge in [-0.1, -0.05) is 6.07 Å². The molecule has 0 saturated heterocycles. The van der Waals surface area contributed by atoms with Gasteiger partial charge in [0.1, 0.15) is 0 Å². The molecule has 14 heavy (non-hydrogen) atoms. The molecule has 0 heterocycles. The molecular weight excluding hydrogens is 192 g/mol. The van der Waals surface area contributed by atoms with Crippen LogP contribution >= 0.6 is 11.8 Å². The standard InChI is InChI=1S/C11H16N2S/c1-14-11-4-2-3-10(9(11)7-12)13-8-5-6-8/h2-4,8,13H,5-7,12H2,1H3. The molecule has 0 bridgehead atoms. The summed E-state index contributed by atoms with van der Waals surface area (Å²) in [5.74, 6) is 0. The van der Waals surface area contributed by atoms with E-state index in [9.17, 15) is 0 Å². The van der Waals surface area contributed by atoms with E-state index < -0.39 is 0 Å². The van der Waals surface area contributed by atoms with Crippen LogP contribution in [-0.2, 0) is 6.54 Å². The zero-order chi connectivity index (χ0) is 9.97. The normalized spacial score (nSPS) is 15.6. The summed E-state index contributed by atoms with van der Waals surface area (Å²) in [5.41, 5.74) is 8.25. The van der Waals surface area contributed by atoms with E-state index in [4.69, 9.17) is 5.73 Å². The summed E-state index contributed by atoms with van der Waals surface area (Å²) in [5, 5.41) is 3.52. The van der Waals surface area contributed by atoms with E-state index in [-0.39, 0.29) is 0 Å². The van der Waals surface area contributed by atoms with Gasteiger partial charge in [-0.2, -0.15) is 0 Å². The highest BCUT2D eigenvalue weighted by molar-refractivity contribution is 7.98. The number of benzene rings is 1. The van der Waals surface area contributed by atoms with Gasteiger partial charge in [-0.15, -0.1) is 11.8 Å². The zero-order valence-corrected chi connectivity index (χ0v) is 9.23. The van der Waals surface area contributed by atoms with Crippen LogP contribution in [0.5, 0.6) is 0 Å². The maximum Gasteiger partial charge on any atom is 0.0399 e. The monoisotopic (exact) mass is 208 g/mol. The summed E-state index contributed by atoms with van der Waals surface area (Å²) < 4.78 is 0. The average Bonchev–Trinajstić information content (AvgIpc) is 3.01. The maximum absolute atomic E-state index is 5.77. The minimum atomic E-state index is 0.617. The lowest BCUT2D eigenvalue weighted by atomic mass is 10.1. The van der Waals surface area contributed by atoms with Crippen molar-refractivity contribution in [1.29, 1.82) is 0 Å². The Bertz CT molecular complexity index is 321. The average molecular weight is 208 g/mol. The lowest BCUT2D eigenvalue weighted by Crippen LogP contribution is -2.08. The molecule has 1 aromatic rings. The van der Waals surface area contributed by atoms with Gasteiger partial charge in [0, 0.05) is 28.7 Å². The highest BCUT2D eigenvalue weighted by Crippen LogP contribution is 2.31. The van der Waals surface area contributed by atoms with E-state index in [2.05, 4.69) is 29.8 Å². The Morgan fingerprint density at radius 1 is 1.50 bits per heavy atom. The fourth-order valence-electron chi connectivity index (χ4n) is 1.55. The van der Waals surface area contributed by atoms with Crippen molar-refractivity contribution in [3.8, 4) is 0 Å². The molecular formula is C11H16N2S. The first-order valence-electron chi connectivity index (χ1n) is 4.97. The molecule has 2 rings (SSSR count). The second kappa shape index (κ2) is 4.24. The van der Waals surface area contributed by atoms with Crippen molar-refractivity contribution >= 4 is 17.4 Å². The quantitative estimate of drug-likeness (QED) is 0.746. The van der Waals surface area contributed by atoms with E-state index in [1.807, 2.05) is 0 Å². The molecule has 1 saturated carbocycles. The van der Waals surface area contributed by atoms with Gasteiger partial charge in [-0.05, 0) is 31.2 Å². The Labute approximate surface area is 89.3 Å². The van der Waals surface area contributed by atoms with Gasteiger partial charge in [-0.3, -0.25) is 0 Å². The Morgan fingerprint density at radius 3 is 2.86 bits per heavy atom. The Kier molecular flexibility index (Phi) is 2.99. The summed E-state index contributed by atoms with van der Waals surface area (Å²) in [6.07, 6.45) is 4.69. The Morgan fingerprint density at radius 2 is 2.29 bits per heavy atom. The fourth-order valence-corrected chi connectivity index (χ4v) is 2.20. The van der Waals surface area contributed by atoms with Crippen molar-refractivity contribution < 1.29 is 0 Å². The van der Waals surface area contributed by atoms with Crippen LogP contribution in [0.2, 0.25) is 0 Å². The van der Waals surface area contributed by atoms with Crippen molar-refractivity contribution in [2.24, 2.45) is 5.73 Å². The number of thioether (sulfide) groups is 1. The van der Waals surface area contributed by atoms with Crippen LogP contribution in [0.3, 0.4) is 0 Å². The van der Waals surface area contributed by atoms with Crippen LogP contribution in [0.4, 0.5) is 5.69 Å². The highest BCUT2D eigenvalue weighted by Gasteiger charge is 2.21. The highest BCUT2D eigenvalue weighted by atomic mass is 32.2. The van der Waals surface area contributed by atoms with Crippen molar-refractivity contribution in [2.75, 3.05) is 11.6 Å². The number of hydrogen-bond acceptors (Lipinski definition) is 3. The molecule has 1 fully saturated rings. The van der Waals surface area contributed by atoms with Gasteiger partial charge < -0.3 is 11.1 Å². The van der Waals surface area contributed by atoms with Crippen molar-refractivity contribution in [3.63, 3.8) is 0 Å². The smallest absolute Gasteiger partial charge is 0.0399 e. The molecule has 0 aliphatic heterocycles. The first kappa shape index (κ1) is 9.87. The predicted octanol–water partition coefficient (Wildman–Crippen LogP) is 2.44. The fraction of sp³-hybridized carbons (Fsp3) is 0.455. The molecule has 3 heteroatoms. The van der Waals surface area contributed by atoms with E-state index in [0.717, 1.165) is 0 Å². The molecule has 1 aliphatic rings. The van der Waals surface area contributed by atoms with Crippen molar-refractivity contribution in [1.82, 2.24) is 0 Å². The molecule has 0 radical (unpaired) electrons. The Balaban J connectivity index is 2.26. The molecule has 0 unspecified atom stereocenters. The van der Waals surface area contributed by atoms with Crippen LogP contribution in [0.25, 0.3) is 0 Å². The van der Waals surface area contributed by atoms with Crippen LogP contribution in [0, 0.1) is 0 Å². The van der Waals surface area contributed by atoms with Crippen LogP contribution in [0.15, 0.2) is 23.1 Å². The van der Waals surface area contributed by atoms with Gasteiger partial charge in [0.25, 0.3) is 0 Å². The molecule has 1 aliphatic carbocycles. The van der Waals surface area contributed by atoms with Gasteiger partial charge in [0.2, 0.25) is 0 Å². The van der Waals surface area contributed by atoms with Crippen LogP contribution in [0.1, 0.15) is 18.4 Å². The number of nitrogens with one attached hydrogen (secondary N) is 1. The zero-order valence-electron chi connectivity index (χ0n) is 8.42. The summed E-state index contributed by atoms with van der Waals surface area (Å²) >= 11 is 1.76.